The molecule has 174 valence electrons. The fourth-order valence-corrected chi connectivity index (χ4v) is 5.79. The van der Waals surface area contributed by atoms with Gasteiger partial charge >= 0.3 is 0 Å². The van der Waals surface area contributed by atoms with Crippen molar-refractivity contribution in [3.05, 3.63) is 93.5 Å². The Morgan fingerprint density at radius 1 is 1.06 bits per heavy atom. The number of piperidine rings is 1. The molecule has 34 heavy (non-hydrogen) atoms. The van der Waals surface area contributed by atoms with Gasteiger partial charge in [0, 0.05) is 23.1 Å². The van der Waals surface area contributed by atoms with Gasteiger partial charge in [-0.25, -0.2) is 4.39 Å². The number of hydrogen-bond acceptors (Lipinski definition) is 5. The van der Waals surface area contributed by atoms with Gasteiger partial charge in [0.2, 0.25) is 0 Å². The van der Waals surface area contributed by atoms with E-state index in [0.29, 0.717) is 16.7 Å². The number of thiophene rings is 1. The second-order valence-electron chi connectivity index (χ2n) is 8.88. The average Bonchev–Trinajstić information content (AvgIpc) is 3.20. The maximum Gasteiger partial charge on any atom is 0.256 e. The van der Waals surface area contributed by atoms with Crippen LogP contribution < -0.4 is 10.9 Å². The third-order valence-electron chi connectivity index (χ3n) is 6.46. The van der Waals surface area contributed by atoms with E-state index in [9.17, 15) is 14.0 Å². The van der Waals surface area contributed by atoms with Gasteiger partial charge in [0.15, 0.2) is 5.78 Å². The minimum absolute atomic E-state index is 0.151. The van der Waals surface area contributed by atoms with Gasteiger partial charge in [0.05, 0.1) is 11.3 Å². The summed E-state index contributed by atoms with van der Waals surface area (Å²) >= 11 is 1.43. The number of nitrogens with zero attached hydrogens (tertiary/aromatic N) is 2. The van der Waals surface area contributed by atoms with Gasteiger partial charge in [-0.3, -0.25) is 14.2 Å². The molecule has 2 aromatic heterocycles. The van der Waals surface area contributed by atoms with Crippen molar-refractivity contribution in [1.82, 2.24) is 9.47 Å². The smallest absolute Gasteiger partial charge is 0.256 e. The van der Waals surface area contributed by atoms with Crippen molar-refractivity contribution in [3.63, 3.8) is 0 Å². The molecule has 0 spiro atoms. The normalized spacial score (nSPS) is 15.0. The lowest BCUT2D eigenvalue weighted by atomic mass is 10.00. The van der Waals surface area contributed by atoms with Crippen LogP contribution in [0.1, 0.15) is 34.3 Å². The Labute approximate surface area is 201 Å². The van der Waals surface area contributed by atoms with Crippen LogP contribution in [0.2, 0.25) is 0 Å². The van der Waals surface area contributed by atoms with Gasteiger partial charge in [-0.1, -0.05) is 29.5 Å². The van der Waals surface area contributed by atoms with E-state index in [1.807, 2.05) is 30.3 Å². The zero-order valence-electron chi connectivity index (χ0n) is 19.2. The molecule has 1 aliphatic rings. The fraction of sp³-hybridized carbons (Fsp3) is 0.259. The number of anilines is 1. The van der Waals surface area contributed by atoms with Gasteiger partial charge < -0.3 is 10.2 Å². The number of aryl methyl sites for hydroxylation is 1. The molecule has 2 aromatic carbocycles. The van der Waals surface area contributed by atoms with Crippen molar-refractivity contribution in [2.24, 2.45) is 0 Å². The monoisotopic (exact) mass is 475 g/mol. The van der Waals surface area contributed by atoms with Crippen molar-refractivity contribution in [2.75, 3.05) is 25.5 Å². The third-order valence-corrected chi connectivity index (χ3v) is 7.58. The second-order valence-corrected chi connectivity index (χ2v) is 9.88. The summed E-state index contributed by atoms with van der Waals surface area (Å²) in [6.07, 6.45) is 1.94. The first-order valence-corrected chi connectivity index (χ1v) is 12.2. The predicted octanol–water partition coefficient (Wildman–Crippen LogP) is 5.24. The van der Waals surface area contributed by atoms with Crippen LogP contribution in [0.15, 0.2) is 65.5 Å². The van der Waals surface area contributed by atoms with Crippen LogP contribution in [0.4, 0.5) is 9.39 Å². The molecule has 0 saturated carbocycles. The quantitative estimate of drug-likeness (QED) is 0.401. The highest BCUT2D eigenvalue weighted by atomic mass is 32.1. The van der Waals surface area contributed by atoms with Crippen molar-refractivity contribution < 1.29 is 9.18 Å². The highest BCUT2D eigenvalue weighted by Crippen LogP contribution is 2.38. The van der Waals surface area contributed by atoms with E-state index < -0.39 is 0 Å². The number of benzene rings is 2. The average molecular weight is 476 g/mol. The van der Waals surface area contributed by atoms with Crippen molar-refractivity contribution in [1.29, 1.82) is 0 Å². The summed E-state index contributed by atoms with van der Waals surface area (Å²) < 4.78 is 15.6. The molecule has 0 unspecified atom stereocenters. The second kappa shape index (κ2) is 9.16. The Kier molecular flexibility index (Phi) is 6.06. The Bertz CT molecular complexity index is 1420. The number of carbonyl (C=O) groups excluding carboxylic acids is 1. The molecular formula is C27H26FN3O2S. The van der Waals surface area contributed by atoms with Gasteiger partial charge in [-0.05, 0) is 81.9 Å². The maximum atomic E-state index is 13.9. The molecule has 1 saturated heterocycles. The molecule has 0 aliphatic carbocycles. The van der Waals surface area contributed by atoms with Gasteiger partial charge in [0.1, 0.15) is 15.6 Å². The number of carbonyl (C=O) groups is 1. The van der Waals surface area contributed by atoms with Crippen LogP contribution in [-0.4, -0.2) is 41.4 Å². The molecule has 0 atom stereocenters. The first-order valence-electron chi connectivity index (χ1n) is 11.4. The summed E-state index contributed by atoms with van der Waals surface area (Å²) in [7, 11) is 2.11. The van der Waals surface area contributed by atoms with Gasteiger partial charge in [-0.15, -0.1) is 0 Å². The lowest BCUT2D eigenvalue weighted by molar-refractivity contribution is 0.104. The number of halogens is 1. The number of nitrogens with one attached hydrogen (secondary N) is 1. The van der Waals surface area contributed by atoms with E-state index in [4.69, 9.17) is 0 Å². The summed E-state index contributed by atoms with van der Waals surface area (Å²) in [5.74, 6) is -0.516. The number of aromatic nitrogens is 1. The number of hydrogen-bond donors (Lipinski definition) is 1. The zero-order valence-corrected chi connectivity index (χ0v) is 20.0. The SMILES string of the molecule is Cc1cc(C(=O)c2c(NC3CCN(C)CC3)sc3c2ccc(=O)n3-c2ccccc2)ccc1F. The van der Waals surface area contributed by atoms with Crippen LogP contribution in [0, 0.1) is 12.7 Å². The zero-order chi connectivity index (χ0) is 23.8. The van der Waals surface area contributed by atoms with Gasteiger partial charge in [0.25, 0.3) is 5.56 Å². The third kappa shape index (κ3) is 4.17. The van der Waals surface area contributed by atoms with Gasteiger partial charge in [-0.2, -0.15) is 0 Å². The highest BCUT2D eigenvalue weighted by Gasteiger charge is 2.26. The first kappa shape index (κ1) is 22.5. The highest BCUT2D eigenvalue weighted by molar-refractivity contribution is 7.23. The van der Waals surface area contributed by atoms with E-state index >= 15 is 0 Å². The van der Waals surface area contributed by atoms with Crippen molar-refractivity contribution in [3.8, 4) is 5.69 Å². The lowest BCUT2D eigenvalue weighted by Crippen LogP contribution is -2.36. The number of fused-ring (bicyclic) bond motifs is 1. The number of para-hydroxylation sites is 1. The van der Waals surface area contributed by atoms with Crippen LogP contribution in [-0.2, 0) is 0 Å². The summed E-state index contributed by atoms with van der Waals surface area (Å²) in [5.41, 5.74) is 2.00. The summed E-state index contributed by atoms with van der Waals surface area (Å²) in [5, 5.41) is 5.09. The van der Waals surface area contributed by atoms with E-state index in [1.54, 1.807) is 23.6 Å². The number of rotatable bonds is 5. The van der Waals surface area contributed by atoms with Crippen molar-refractivity contribution in [2.45, 2.75) is 25.8 Å². The largest absolute Gasteiger partial charge is 0.373 e. The molecule has 0 bridgehead atoms. The van der Waals surface area contributed by atoms with E-state index in [1.165, 1.54) is 29.5 Å². The number of ketones is 1. The Hall–Kier alpha value is -3.29. The van der Waals surface area contributed by atoms with Crippen LogP contribution in [0.3, 0.4) is 0 Å². The minimum atomic E-state index is -0.339. The fourth-order valence-electron chi connectivity index (χ4n) is 4.50. The van der Waals surface area contributed by atoms with Crippen LogP contribution >= 0.6 is 11.3 Å². The predicted molar refractivity (Wildman–Crippen MR) is 136 cm³/mol. The molecule has 4 aromatic rings. The molecule has 3 heterocycles. The summed E-state index contributed by atoms with van der Waals surface area (Å²) in [6.45, 7) is 3.62. The Balaban J connectivity index is 1.68. The lowest BCUT2D eigenvalue weighted by Gasteiger charge is -2.30. The maximum absolute atomic E-state index is 13.9. The van der Waals surface area contributed by atoms with E-state index in [-0.39, 0.29) is 23.2 Å². The molecule has 1 N–H and O–H groups in total. The first-order chi connectivity index (χ1) is 16.4. The molecule has 0 amide bonds. The van der Waals surface area contributed by atoms with E-state index in [2.05, 4.69) is 17.3 Å². The summed E-state index contributed by atoms with van der Waals surface area (Å²) in [6, 6.07) is 17.4. The molecule has 5 nitrogen and oxygen atoms in total. The van der Waals surface area contributed by atoms with Crippen LogP contribution in [0.5, 0.6) is 0 Å². The molecule has 5 rings (SSSR count). The number of pyridine rings is 1. The summed E-state index contributed by atoms with van der Waals surface area (Å²) in [4.78, 5) is 29.7. The topological polar surface area (TPSA) is 54.3 Å². The Morgan fingerprint density at radius 2 is 1.79 bits per heavy atom. The molecular weight excluding hydrogens is 449 g/mol. The Morgan fingerprint density at radius 3 is 2.50 bits per heavy atom. The molecule has 7 heteroatoms. The molecule has 0 radical (unpaired) electrons. The van der Waals surface area contributed by atoms with E-state index in [0.717, 1.165) is 46.8 Å². The molecule has 1 fully saturated rings. The standard InChI is InChI=1S/C27H26FN3O2S/c1-17-16-18(8-10-22(17)28)25(33)24-21-9-11-23(32)31(20-6-4-3-5-7-20)27(21)34-26(24)29-19-12-14-30(2)15-13-19/h3-11,16,19,29H,12-15H2,1-2H3. The minimum Gasteiger partial charge on any atom is -0.373 e. The van der Waals surface area contributed by atoms with Crippen molar-refractivity contribution >= 4 is 32.3 Å². The molecule has 1 aliphatic heterocycles. The van der Waals surface area contributed by atoms with Crippen LogP contribution in [0.25, 0.3) is 15.9 Å². The number of likely N-dealkylation sites (tertiary alicyclic amines) is 1.